The first-order chi connectivity index (χ1) is 10.5. The predicted molar refractivity (Wildman–Crippen MR) is 82.5 cm³/mol. The fourth-order valence-corrected chi connectivity index (χ4v) is 3.76. The Kier molecular flexibility index (Phi) is 4.21. The summed E-state index contributed by atoms with van der Waals surface area (Å²) in [7, 11) is -3.11. The summed E-state index contributed by atoms with van der Waals surface area (Å²) in [4.78, 5) is 16.0. The highest BCUT2D eigenvalue weighted by molar-refractivity contribution is 7.88. The molecule has 0 bridgehead atoms. The molecule has 2 aromatic rings. The molecule has 2 aromatic heterocycles. The van der Waals surface area contributed by atoms with Crippen LogP contribution in [-0.2, 0) is 16.4 Å². The second kappa shape index (κ2) is 6.13. The maximum Gasteiger partial charge on any atom is 0.211 e. The van der Waals surface area contributed by atoms with Crippen molar-refractivity contribution in [3.05, 3.63) is 30.5 Å². The van der Waals surface area contributed by atoms with E-state index in [1.807, 2.05) is 0 Å². The number of nitrogens with zero attached hydrogens (tertiary/aromatic N) is 4. The molecule has 8 heteroatoms. The van der Waals surface area contributed by atoms with Gasteiger partial charge in [0, 0.05) is 31.7 Å². The lowest BCUT2D eigenvalue weighted by Crippen LogP contribution is -2.39. The number of rotatable bonds is 4. The highest BCUT2D eigenvalue weighted by atomic mass is 32.2. The van der Waals surface area contributed by atoms with E-state index in [4.69, 9.17) is 0 Å². The zero-order valence-corrected chi connectivity index (χ0v) is 13.3. The van der Waals surface area contributed by atoms with Gasteiger partial charge in [0.25, 0.3) is 0 Å². The molecule has 1 fully saturated rings. The van der Waals surface area contributed by atoms with Crippen molar-refractivity contribution in [2.75, 3.05) is 19.3 Å². The van der Waals surface area contributed by atoms with Crippen LogP contribution in [0.15, 0.2) is 24.8 Å². The van der Waals surface area contributed by atoms with Crippen LogP contribution in [0.4, 0.5) is 0 Å². The maximum absolute atomic E-state index is 11.7. The first kappa shape index (κ1) is 15.1. The van der Waals surface area contributed by atoms with E-state index in [1.54, 1.807) is 29.1 Å². The van der Waals surface area contributed by atoms with Gasteiger partial charge >= 0.3 is 0 Å². The number of H-pyrrole nitrogens is 1. The summed E-state index contributed by atoms with van der Waals surface area (Å²) in [6.45, 7) is 1.18. The lowest BCUT2D eigenvalue weighted by Gasteiger charge is -2.30. The normalized spacial score (nSPS) is 20.1. The van der Waals surface area contributed by atoms with Crippen LogP contribution in [0.3, 0.4) is 0 Å². The molecule has 1 aliphatic heterocycles. The minimum Gasteiger partial charge on any atom is -0.343 e. The van der Waals surface area contributed by atoms with Crippen LogP contribution in [0.25, 0.3) is 11.5 Å². The lowest BCUT2D eigenvalue weighted by atomic mass is 9.95. The topological polar surface area (TPSA) is 91.8 Å². The molecule has 1 saturated heterocycles. The van der Waals surface area contributed by atoms with Gasteiger partial charge in [0.05, 0.1) is 18.1 Å². The lowest BCUT2D eigenvalue weighted by molar-refractivity contribution is 0.265. The summed E-state index contributed by atoms with van der Waals surface area (Å²) in [6, 6.07) is 0. The number of aromatic nitrogens is 4. The average Bonchev–Trinajstić information content (AvgIpc) is 3.01. The Morgan fingerprint density at radius 3 is 3.00 bits per heavy atom. The third kappa shape index (κ3) is 3.50. The summed E-state index contributed by atoms with van der Waals surface area (Å²) in [6.07, 6.45) is 10.7. The second-order valence-electron chi connectivity index (χ2n) is 5.67. The minimum atomic E-state index is -3.11. The molecule has 0 aromatic carbocycles. The van der Waals surface area contributed by atoms with Gasteiger partial charge in [-0.1, -0.05) is 0 Å². The molecular formula is C14H19N5O2S. The van der Waals surface area contributed by atoms with Gasteiger partial charge in [-0.15, -0.1) is 0 Å². The summed E-state index contributed by atoms with van der Waals surface area (Å²) in [5.74, 6) is 0.973. The molecule has 7 nitrogen and oxygen atoms in total. The molecule has 0 radical (unpaired) electrons. The van der Waals surface area contributed by atoms with Crippen LogP contribution >= 0.6 is 0 Å². The number of nitrogens with one attached hydrogen (secondary N) is 1. The van der Waals surface area contributed by atoms with Gasteiger partial charge in [0.1, 0.15) is 5.69 Å². The number of piperidine rings is 1. The predicted octanol–water partition coefficient (Wildman–Crippen LogP) is 1.08. The second-order valence-corrected chi connectivity index (χ2v) is 7.65. The largest absolute Gasteiger partial charge is 0.343 e. The van der Waals surface area contributed by atoms with Gasteiger partial charge in [-0.3, -0.25) is 4.98 Å². The molecule has 1 N–H and O–H groups in total. The zero-order valence-electron chi connectivity index (χ0n) is 12.4. The number of sulfonamides is 1. The van der Waals surface area contributed by atoms with Gasteiger partial charge in [-0.25, -0.2) is 22.7 Å². The molecule has 0 aliphatic carbocycles. The van der Waals surface area contributed by atoms with Crippen LogP contribution in [0, 0.1) is 5.92 Å². The summed E-state index contributed by atoms with van der Waals surface area (Å²) < 4.78 is 24.9. The molecule has 0 saturated carbocycles. The van der Waals surface area contributed by atoms with E-state index < -0.39 is 10.0 Å². The van der Waals surface area contributed by atoms with Crippen LogP contribution in [0.5, 0.6) is 0 Å². The fraction of sp³-hybridized carbons (Fsp3) is 0.500. The van der Waals surface area contributed by atoms with Crippen molar-refractivity contribution in [3.63, 3.8) is 0 Å². The van der Waals surface area contributed by atoms with Gasteiger partial charge in [0.15, 0.2) is 5.82 Å². The third-order valence-corrected chi connectivity index (χ3v) is 5.14. The standard InChI is InChI=1S/C14H19N5O2S/c1-22(20,21)19-6-2-3-11(10-19)7-12-8-15-9-13(18-12)14-16-4-5-17-14/h4-5,8-9,11H,2-3,6-7,10H2,1H3,(H,16,17)/t11-/m1/s1. The van der Waals surface area contributed by atoms with Crippen molar-refractivity contribution in [2.45, 2.75) is 19.3 Å². The van der Waals surface area contributed by atoms with E-state index in [0.717, 1.165) is 25.0 Å². The van der Waals surface area contributed by atoms with Gasteiger partial charge in [-0.05, 0) is 25.2 Å². The van der Waals surface area contributed by atoms with Gasteiger partial charge in [0.2, 0.25) is 10.0 Å². The monoisotopic (exact) mass is 321 g/mol. The number of aromatic amines is 1. The Labute approximate surface area is 129 Å². The van der Waals surface area contributed by atoms with Crippen molar-refractivity contribution in [1.29, 1.82) is 0 Å². The van der Waals surface area contributed by atoms with Crippen molar-refractivity contribution >= 4 is 10.0 Å². The van der Waals surface area contributed by atoms with Gasteiger partial charge < -0.3 is 4.98 Å². The Morgan fingerprint density at radius 1 is 1.41 bits per heavy atom. The molecule has 3 rings (SSSR count). The highest BCUT2D eigenvalue weighted by Crippen LogP contribution is 2.22. The molecule has 0 spiro atoms. The number of hydrogen-bond donors (Lipinski definition) is 1. The van der Waals surface area contributed by atoms with Crippen LogP contribution < -0.4 is 0 Å². The first-order valence-corrected chi connectivity index (χ1v) is 9.13. The maximum atomic E-state index is 11.7. The van der Waals surface area contributed by atoms with Crippen LogP contribution in [-0.4, -0.2) is 52.0 Å². The minimum absolute atomic E-state index is 0.282. The molecule has 22 heavy (non-hydrogen) atoms. The van der Waals surface area contributed by atoms with Crippen LogP contribution in [0.1, 0.15) is 18.5 Å². The van der Waals surface area contributed by atoms with Crippen molar-refractivity contribution in [2.24, 2.45) is 5.92 Å². The van der Waals surface area contributed by atoms with Crippen LogP contribution in [0.2, 0.25) is 0 Å². The van der Waals surface area contributed by atoms with E-state index in [1.165, 1.54) is 6.26 Å². The quantitative estimate of drug-likeness (QED) is 0.910. The van der Waals surface area contributed by atoms with Crippen molar-refractivity contribution in [3.8, 4) is 11.5 Å². The molecule has 0 unspecified atom stereocenters. The fourth-order valence-electron chi connectivity index (χ4n) is 2.81. The van der Waals surface area contributed by atoms with Gasteiger partial charge in [-0.2, -0.15) is 0 Å². The first-order valence-electron chi connectivity index (χ1n) is 7.28. The molecule has 118 valence electrons. The van der Waals surface area contributed by atoms with Crippen molar-refractivity contribution < 1.29 is 8.42 Å². The molecule has 1 aliphatic rings. The summed E-state index contributed by atoms with van der Waals surface area (Å²) >= 11 is 0. The number of imidazole rings is 1. The Bertz CT molecular complexity index is 729. The Morgan fingerprint density at radius 2 is 2.27 bits per heavy atom. The molecule has 1 atom stereocenters. The van der Waals surface area contributed by atoms with E-state index in [9.17, 15) is 8.42 Å². The SMILES string of the molecule is CS(=O)(=O)N1CCC[C@H](Cc2cncc(-c3ncc[nH]3)n2)C1. The van der Waals surface area contributed by atoms with E-state index >= 15 is 0 Å². The van der Waals surface area contributed by atoms with E-state index in [-0.39, 0.29) is 5.92 Å². The summed E-state index contributed by atoms with van der Waals surface area (Å²) in [5, 5.41) is 0. The zero-order chi connectivity index (χ0) is 15.6. The number of hydrogen-bond acceptors (Lipinski definition) is 5. The van der Waals surface area contributed by atoms with E-state index in [0.29, 0.717) is 24.6 Å². The Hall–Kier alpha value is -1.80. The highest BCUT2D eigenvalue weighted by Gasteiger charge is 2.26. The smallest absolute Gasteiger partial charge is 0.211 e. The summed E-state index contributed by atoms with van der Waals surface area (Å²) in [5.41, 5.74) is 1.58. The third-order valence-electron chi connectivity index (χ3n) is 3.87. The molecule has 3 heterocycles. The van der Waals surface area contributed by atoms with Crippen molar-refractivity contribution in [1.82, 2.24) is 24.2 Å². The van der Waals surface area contributed by atoms with E-state index in [2.05, 4.69) is 19.9 Å². The molecule has 0 amide bonds. The average molecular weight is 321 g/mol. The Balaban J connectivity index is 1.72. The molecular weight excluding hydrogens is 302 g/mol.